The number of nitrogens with two attached hydrogens (primary N) is 1. The fraction of sp³-hybridized carbons (Fsp3) is 0.417. The van der Waals surface area contributed by atoms with Gasteiger partial charge in [-0.1, -0.05) is 31.5 Å². The highest BCUT2D eigenvalue weighted by Crippen LogP contribution is 2.37. The second kappa shape index (κ2) is 10.6. The summed E-state index contributed by atoms with van der Waals surface area (Å²) in [5.74, 6) is -2.51. The largest absolute Gasteiger partial charge is 0.454 e. The highest BCUT2D eigenvalue weighted by Gasteiger charge is 2.28. The van der Waals surface area contributed by atoms with Gasteiger partial charge in [-0.3, -0.25) is 14.4 Å². The Kier molecular flexibility index (Phi) is 7.86. The molecule has 1 aliphatic rings. The molecule has 4 N–H and O–H groups in total. The van der Waals surface area contributed by atoms with E-state index in [0.29, 0.717) is 16.1 Å². The van der Waals surface area contributed by atoms with Crippen molar-refractivity contribution in [3.05, 3.63) is 51.4 Å². The van der Waals surface area contributed by atoms with Crippen LogP contribution in [-0.4, -0.2) is 36.3 Å². The molecule has 0 unspecified atom stereocenters. The van der Waals surface area contributed by atoms with Crippen molar-refractivity contribution in [3.8, 4) is 0 Å². The number of aryl methyl sites for hydroxylation is 2. The minimum atomic E-state index is -0.916. The molecule has 176 valence electrons. The predicted molar refractivity (Wildman–Crippen MR) is 126 cm³/mol. The van der Waals surface area contributed by atoms with Gasteiger partial charge in [0.05, 0.1) is 5.56 Å². The number of anilines is 1. The molecule has 8 nitrogen and oxygen atoms in total. The average molecular weight is 472 g/mol. The van der Waals surface area contributed by atoms with Crippen LogP contribution in [0.5, 0.6) is 0 Å². The molecule has 1 aromatic carbocycles. The Morgan fingerprint density at radius 3 is 2.55 bits per heavy atom. The van der Waals surface area contributed by atoms with Crippen LogP contribution in [0, 0.1) is 12.8 Å². The molecule has 9 heteroatoms. The van der Waals surface area contributed by atoms with Crippen molar-refractivity contribution >= 4 is 40.0 Å². The lowest BCUT2D eigenvalue weighted by Gasteiger charge is -2.21. The summed E-state index contributed by atoms with van der Waals surface area (Å²) in [4.78, 5) is 50.6. The third kappa shape index (κ3) is 5.98. The van der Waals surface area contributed by atoms with Gasteiger partial charge in [-0.25, -0.2) is 4.79 Å². The van der Waals surface area contributed by atoms with Gasteiger partial charge in [0.1, 0.15) is 11.0 Å². The molecule has 0 spiro atoms. The number of fused-ring (bicyclic) bond motifs is 1. The van der Waals surface area contributed by atoms with Crippen molar-refractivity contribution in [1.29, 1.82) is 0 Å². The van der Waals surface area contributed by atoms with Crippen LogP contribution in [-0.2, 0) is 27.2 Å². The third-order valence-electron chi connectivity index (χ3n) is 5.50. The van der Waals surface area contributed by atoms with Crippen LogP contribution in [0.1, 0.15) is 63.4 Å². The lowest BCUT2D eigenvalue weighted by molar-refractivity contribution is -0.150. The molecule has 2 aromatic rings. The van der Waals surface area contributed by atoms with E-state index in [4.69, 9.17) is 10.5 Å². The molecular formula is C24H29N3O5S. The Balaban J connectivity index is 1.62. The number of benzene rings is 1. The first kappa shape index (κ1) is 24.4. The Hall–Kier alpha value is -3.20. The first-order chi connectivity index (χ1) is 15.7. The average Bonchev–Trinajstić information content (AvgIpc) is 3.13. The van der Waals surface area contributed by atoms with Crippen molar-refractivity contribution < 1.29 is 23.9 Å². The van der Waals surface area contributed by atoms with E-state index in [0.717, 1.165) is 41.7 Å². The standard InChI is InChI=1S/C24H29N3O5S/c1-13(2)20(27-22(30)15-8-6-7-14(3)11-15)24(31)32-12-18(28)26-23-19(21(25)29)16-9-4-5-10-17(16)33-23/h6-8,11,13,20H,4-5,9-10,12H2,1-3H3,(H2,25,29)(H,26,28)(H,27,30)/t20-/m0/s1. The molecule has 0 bridgehead atoms. The summed E-state index contributed by atoms with van der Waals surface area (Å²) in [6.07, 6.45) is 3.61. The van der Waals surface area contributed by atoms with E-state index >= 15 is 0 Å². The van der Waals surface area contributed by atoms with E-state index in [1.807, 2.05) is 13.0 Å². The zero-order valence-corrected chi connectivity index (χ0v) is 19.8. The summed E-state index contributed by atoms with van der Waals surface area (Å²) in [7, 11) is 0. The Morgan fingerprint density at radius 1 is 1.15 bits per heavy atom. The maximum atomic E-state index is 12.6. The fourth-order valence-corrected chi connectivity index (χ4v) is 5.12. The van der Waals surface area contributed by atoms with E-state index in [1.54, 1.807) is 32.0 Å². The number of carbonyl (C=O) groups excluding carboxylic acids is 4. The van der Waals surface area contributed by atoms with Crippen LogP contribution in [0.25, 0.3) is 0 Å². The van der Waals surface area contributed by atoms with Crippen LogP contribution < -0.4 is 16.4 Å². The molecule has 0 aliphatic heterocycles. The smallest absolute Gasteiger partial charge is 0.329 e. The third-order valence-corrected chi connectivity index (χ3v) is 6.71. The predicted octanol–water partition coefficient (Wildman–Crippen LogP) is 2.97. The van der Waals surface area contributed by atoms with Crippen molar-refractivity contribution in [2.75, 3.05) is 11.9 Å². The summed E-state index contributed by atoms with van der Waals surface area (Å²) < 4.78 is 5.19. The van der Waals surface area contributed by atoms with Gasteiger partial charge in [-0.15, -0.1) is 11.3 Å². The monoisotopic (exact) mass is 471 g/mol. The van der Waals surface area contributed by atoms with E-state index in [-0.39, 0.29) is 5.92 Å². The molecule has 0 saturated carbocycles. The lowest BCUT2D eigenvalue weighted by atomic mass is 9.95. The molecule has 1 aliphatic carbocycles. The number of rotatable bonds is 8. The zero-order chi connectivity index (χ0) is 24.1. The van der Waals surface area contributed by atoms with Crippen molar-refractivity contribution in [2.45, 2.75) is 52.5 Å². The van der Waals surface area contributed by atoms with Crippen molar-refractivity contribution in [1.82, 2.24) is 5.32 Å². The van der Waals surface area contributed by atoms with Crippen LogP contribution in [0.3, 0.4) is 0 Å². The first-order valence-electron chi connectivity index (χ1n) is 11.0. The van der Waals surface area contributed by atoms with Crippen LogP contribution in [0.4, 0.5) is 5.00 Å². The number of nitrogens with one attached hydrogen (secondary N) is 2. The maximum Gasteiger partial charge on any atom is 0.329 e. The maximum absolute atomic E-state index is 12.6. The normalized spacial score (nSPS) is 13.7. The van der Waals surface area contributed by atoms with Gasteiger partial charge in [0.25, 0.3) is 17.7 Å². The number of thiophene rings is 1. The highest BCUT2D eigenvalue weighted by molar-refractivity contribution is 7.17. The Morgan fingerprint density at radius 2 is 1.88 bits per heavy atom. The highest BCUT2D eigenvalue weighted by atomic mass is 32.1. The summed E-state index contributed by atoms with van der Waals surface area (Å²) in [5.41, 5.74) is 8.16. The minimum absolute atomic E-state index is 0.250. The second-order valence-electron chi connectivity index (χ2n) is 8.50. The van der Waals surface area contributed by atoms with Gasteiger partial charge < -0.3 is 21.1 Å². The number of amides is 3. The molecule has 3 rings (SSSR count). The minimum Gasteiger partial charge on any atom is -0.454 e. The molecule has 0 fully saturated rings. The molecular weight excluding hydrogens is 442 g/mol. The fourth-order valence-electron chi connectivity index (χ4n) is 3.81. The van der Waals surface area contributed by atoms with Gasteiger partial charge >= 0.3 is 5.97 Å². The molecule has 33 heavy (non-hydrogen) atoms. The van der Waals surface area contributed by atoms with E-state index < -0.39 is 36.3 Å². The van der Waals surface area contributed by atoms with Crippen molar-refractivity contribution in [3.63, 3.8) is 0 Å². The summed E-state index contributed by atoms with van der Waals surface area (Å²) in [5, 5.41) is 5.74. The summed E-state index contributed by atoms with van der Waals surface area (Å²) >= 11 is 1.34. The Bertz CT molecular complexity index is 1080. The van der Waals surface area contributed by atoms with Crippen LogP contribution in [0.2, 0.25) is 0 Å². The topological polar surface area (TPSA) is 128 Å². The van der Waals surface area contributed by atoms with Crippen LogP contribution >= 0.6 is 11.3 Å². The SMILES string of the molecule is Cc1cccc(C(=O)N[C@H](C(=O)OCC(=O)Nc2sc3c(c2C(N)=O)CCCC3)C(C)C)c1. The van der Waals surface area contributed by atoms with Gasteiger partial charge in [0.2, 0.25) is 0 Å². The van der Waals surface area contributed by atoms with Gasteiger partial charge in [0, 0.05) is 10.4 Å². The summed E-state index contributed by atoms with van der Waals surface area (Å²) in [6, 6.07) is 6.11. The van der Waals surface area contributed by atoms with Gasteiger partial charge in [-0.2, -0.15) is 0 Å². The van der Waals surface area contributed by atoms with Gasteiger partial charge in [-0.05, 0) is 56.2 Å². The molecule has 1 aromatic heterocycles. The molecule has 0 radical (unpaired) electrons. The number of ether oxygens (including phenoxy) is 1. The first-order valence-corrected chi connectivity index (χ1v) is 11.8. The number of hydrogen-bond donors (Lipinski definition) is 3. The van der Waals surface area contributed by atoms with Gasteiger partial charge in [0.15, 0.2) is 6.61 Å². The summed E-state index contributed by atoms with van der Waals surface area (Å²) in [6.45, 7) is 4.88. The number of primary amides is 1. The zero-order valence-electron chi connectivity index (χ0n) is 19.0. The molecule has 3 amide bonds. The number of esters is 1. The van der Waals surface area contributed by atoms with E-state index in [1.165, 1.54) is 11.3 Å². The quantitative estimate of drug-likeness (QED) is 0.510. The Labute approximate surface area is 196 Å². The lowest BCUT2D eigenvalue weighted by Crippen LogP contribution is -2.46. The van der Waals surface area contributed by atoms with Crippen molar-refractivity contribution in [2.24, 2.45) is 11.7 Å². The van der Waals surface area contributed by atoms with E-state index in [9.17, 15) is 19.2 Å². The molecule has 1 heterocycles. The van der Waals surface area contributed by atoms with Crippen LogP contribution in [0.15, 0.2) is 24.3 Å². The molecule has 0 saturated heterocycles. The second-order valence-corrected chi connectivity index (χ2v) is 9.60. The molecule has 1 atom stereocenters. The van der Waals surface area contributed by atoms with E-state index in [2.05, 4.69) is 10.6 Å². The number of carbonyl (C=O) groups is 4. The number of hydrogen-bond acceptors (Lipinski definition) is 6.